The molecule has 0 aromatic heterocycles. The molecule has 0 aliphatic heterocycles. The van der Waals surface area contributed by atoms with Gasteiger partial charge in [-0.25, -0.2) is 13.1 Å². The second kappa shape index (κ2) is 6.14. The quantitative estimate of drug-likeness (QED) is 0.497. The zero-order chi connectivity index (χ0) is 14.6. The van der Waals surface area contributed by atoms with E-state index in [1.165, 1.54) is 12.1 Å². The number of benzene rings is 1. The summed E-state index contributed by atoms with van der Waals surface area (Å²) >= 11 is 5.63. The van der Waals surface area contributed by atoms with Crippen LogP contribution < -0.4 is 4.72 Å². The first kappa shape index (κ1) is 15.6. The van der Waals surface area contributed by atoms with Crippen molar-refractivity contribution < 1.29 is 13.3 Å². The number of halogens is 1. The molecular weight excluding hydrogens is 292 g/mol. The highest BCUT2D eigenvalue weighted by Gasteiger charge is 2.21. The number of nitro groups is 1. The molecule has 6 nitrogen and oxygen atoms in total. The maximum absolute atomic E-state index is 12.0. The maximum atomic E-state index is 12.0. The van der Waals surface area contributed by atoms with Crippen LogP contribution in [0.1, 0.15) is 13.3 Å². The number of nitrogens with zero attached hydrogens (tertiary/aromatic N) is 1. The highest BCUT2D eigenvalue weighted by molar-refractivity contribution is 7.89. The Balaban J connectivity index is 3.12. The smallest absolute Gasteiger partial charge is 0.258 e. The molecule has 0 aliphatic rings. The Hall–Kier alpha value is -1.44. The van der Waals surface area contributed by atoms with E-state index in [4.69, 9.17) is 11.6 Å². The second-order valence-electron chi connectivity index (χ2n) is 3.92. The molecule has 1 aromatic rings. The summed E-state index contributed by atoms with van der Waals surface area (Å²) in [5.41, 5.74) is -0.444. The first-order valence-electron chi connectivity index (χ1n) is 5.35. The number of rotatable bonds is 6. The number of sulfonamides is 1. The third-order valence-electron chi connectivity index (χ3n) is 2.30. The molecule has 0 saturated carbocycles. The van der Waals surface area contributed by atoms with E-state index in [2.05, 4.69) is 11.3 Å². The van der Waals surface area contributed by atoms with Crippen LogP contribution in [0, 0.1) is 10.1 Å². The van der Waals surface area contributed by atoms with E-state index in [1.807, 2.05) is 0 Å². The molecule has 104 valence electrons. The fourth-order valence-corrected chi connectivity index (χ4v) is 2.89. The second-order valence-corrected chi connectivity index (χ2v) is 6.04. The van der Waals surface area contributed by atoms with Crippen molar-refractivity contribution in [3.8, 4) is 0 Å². The van der Waals surface area contributed by atoms with E-state index < -0.39 is 20.6 Å². The van der Waals surface area contributed by atoms with Crippen molar-refractivity contribution >= 4 is 27.3 Å². The fourth-order valence-electron chi connectivity index (χ4n) is 1.43. The molecule has 0 radical (unpaired) electrons. The zero-order valence-corrected chi connectivity index (χ0v) is 11.7. The third-order valence-corrected chi connectivity index (χ3v) is 4.21. The number of nitro benzene ring substituents is 1. The molecule has 0 saturated heterocycles. The van der Waals surface area contributed by atoms with Gasteiger partial charge in [-0.15, -0.1) is 6.58 Å². The van der Waals surface area contributed by atoms with Gasteiger partial charge in [-0.1, -0.05) is 17.7 Å². The van der Waals surface area contributed by atoms with E-state index in [0.29, 0.717) is 6.42 Å². The lowest BCUT2D eigenvalue weighted by Gasteiger charge is -2.12. The van der Waals surface area contributed by atoms with Crippen molar-refractivity contribution in [2.45, 2.75) is 24.3 Å². The summed E-state index contributed by atoms with van der Waals surface area (Å²) in [7, 11) is -3.82. The van der Waals surface area contributed by atoms with Crippen molar-refractivity contribution in [1.29, 1.82) is 0 Å². The van der Waals surface area contributed by atoms with Crippen LogP contribution >= 0.6 is 11.6 Å². The Morgan fingerprint density at radius 1 is 1.58 bits per heavy atom. The highest BCUT2D eigenvalue weighted by atomic mass is 35.5. The van der Waals surface area contributed by atoms with Gasteiger partial charge >= 0.3 is 0 Å². The van der Waals surface area contributed by atoms with Crippen LogP contribution in [0.15, 0.2) is 35.7 Å². The lowest BCUT2D eigenvalue weighted by Crippen LogP contribution is -2.32. The Kier molecular flexibility index (Phi) is 5.04. The molecule has 0 bridgehead atoms. The number of nitrogens with one attached hydrogen (secondary N) is 1. The molecule has 1 unspecified atom stereocenters. The predicted molar refractivity (Wildman–Crippen MR) is 72.7 cm³/mol. The SMILES string of the molecule is C=CCC(C)NS(=O)(=O)c1ccc(Cl)c([N+](=O)[O-])c1. The largest absolute Gasteiger partial charge is 0.289 e. The standard InChI is InChI=1S/C11H13ClN2O4S/c1-3-4-8(2)13-19(17,18)9-5-6-10(12)11(7-9)14(15)16/h3,5-8,13H,1,4H2,2H3. The van der Waals surface area contributed by atoms with E-state index in [0.717, 1.165) is 6.07 Å². The highest BCUT2D eigenvalue weighted by Crippen LogP contribution is 2.27. The topological polar surface area (TPSA) is 89.3 Å². The van der Waals surface area contributed by atoms with Crippen molar-refractivity contribution in [3.63, 3.8) is 0 Å². The lowest BCUT2D eigenvalue weighted by atomic mass is 10.3. The van der Waals surface area contributed by atoms with Gasteiger partial charge in [-0.3, -0.25) is 10.1 Å². The molecule has 1 atom stereocenters. The van der Waals surface area contributed by atoms with Crippen molar-refractivity contribution in [1.82, 2.24) is 4.72 Å². The summed E-state index contributed by atoms with van der Waals surface area (Å²) < 4.78 is 26.4. The molecule has 0 heterocycles. The predicted octanol–water partition coefficient (Wildman–Crippen LogP) is 2.49. The van der Waals surface area contributed by atoms with Gasteiger partial charge in [-0.05, 0) is 25.5 Å². The van der Waals surface area contributed by atoms with Gasteiger partial charge in [0.2, 0.25) is 10.0 Å². The summed E-state index contributed by atoms with van der Waals surface area (Å²) in [6.07, 6.45) is 2.03. The Morgan fingerprint density at radius 3 is 2.74 bits per heavy atom. The fraction of sp³-hybridized carbons (Fsp3) is 0.273. The van der Waals surface area contributed by atoms with Gasteiger partial charge in [0.15, 0.2) is 0 Å². The summed E-state index contributed by atoms with van der Waals surface area (Å²) in [5.74, 6) is 0. The van der Waals surface area contributed by atoms with Crippen molar-refractivity contribution in [2.75, 3.05) is 0 Å². The molecule has 1 aromatic carbocycles. The first-order chi connectivity index (χ1) is 8.77. The molecule has 19 heavy (non-hydrogen) atoms. The molecule has 0 aliphatic carbocycles. The molecule has 1 N–H and O–H groups in total. The van der Waals surface area contributed by atoms with Crippen LogP contribution in [0.25, 0.3) is 0 Å². The van der Waals surface area contributed by atoms with Crippen LogP contribution in [0.3, 0.4) is 0 Å². The Bertz CT molecular complexity index is 601. The summed E-state index contributed by atoms with van der Waals surface area (Å²) in [5, 5.41) is 10.6. The Labute approximate surface area is 116 Å². The van der Waals surface area contributed by atoms with Crippen molar-refractivity contribution in [2.24, 2.45) is 0 Å². The first-order valence-corrected chi connectivity index (χ1v) is 7.21. The molecule has 0 spiro atoms. The van der Waals surface area contributed by atoms with Crippen LogP contribution in [0.4, 0.5) is 5.69 Å². The summed E-state index contributed by atoms with van der Waals surface area (Å²) in [4.78, 5) is 9.80. The van der Waals surface area contributed by atoms with Crippen LogP contribution in [-0.4, -0.2) is 19.4 Å². The van der Waals surface area contributed by atoms with Gasteiger partial charge in [-0.2, -0.15) is 0 Å². The van der Waals surface area contributed by atoms with Crippen LogP contribution in [0.2, 0.25) is 5.02 Å². The minimum atomic E-state index is -3.82. The average molecular weight is 305 g/mol. The van der Waals surface area contributed by atoms with Crippen LogP contribution in [0.5, 0.6) is 0 Å². The summed E-state index contributed by atoms with van der Waals surface area (Å²) in [6.45, 7) is 5.18. The molecule has 0 amide bonds. The number of hydrogen-bond acceptors (Lipinski definition) is 4. The average Bonchev–Trinajstić information content (AvgIpc) is 2.28. The maximum Gasteiger partial charge on any atom is 0.289 e. The van der Waals surface area contributed by atoms with Gasteiger partial charge in [0.05, 0.1) is 9.82 Å². The van der Waals surface area contributed by atoms with Gasteiger partial charge in [0, 0.05) is 12.1 Å². The van der Waals surface area contributed by atoms with Gasteiger partial charge in [0.1, 0.15) is 5.02 Å². The minimum absolute atomic E-state index is 0.108. The van der Waals surface area contributed by atoms with Gasteiger partial charge in [0.25, 0.3) is 5.69 Å². The van der Waals surface area contributed by atoms with E-state index >= 15 is 0 Å². The monoisotopic (exact) mass is 304 g/mol. The van der Waals surface area contributed by atoms with E-state index in [9.17, 15) is 18.5 Å². The number of hydrogen-bond donors (Lipinski definition) is 1. The third kappa shape index (κ3) is 4.02. The van der Waals surface area contributed by atoms with Crippen LogP contribution in [-0.2, 0) is 10.0 Å². The minimum Gasteiger partial charge on any atom is -0.258 e. The van der Waals surface area contributed by atoms with Gasteiger partial charge < -0.3 is 0 Å². The molecular formula is C11H13ClN2O4S. The molecule has 1 rings (SSSR count). The van der Waals surface area contributed by atoms with E-state index in [-0.39, 0.29) is 16.0 Å². The zero-order valence-electron chi connectivity index (χ0n) is 10.2. The summed E-state index contributed by atoms with van der Waals surface area (Å²) in [6, 6.07) is 2.99. The lowest BCUT2D eigenvalue weighted by molar-refractivity contribution is -0.384. The molecule has 0 fully saturated rings. The normalized spacial score (nSPS) is 12.9. The van der Waals surface area contributed by atoms with E-state index in [1.54, 1.807) is 13.0 Å². The Morgan fingerprint density at radius 2 is 2.21 bits per heavy atom. The molecule has 8 heteroatoms. The van der Waals surface area contributed by atoms with Crippen molar-refractivity contribution in [3.05, 3.63) is 46.0 Å².